The number of aliphatic hydroxyl groups is 1. The van der Waals surface area contributed by atoms with Gasteiger partial charge in [0.1, 0.15) is 0 Å². The molecule has 2 N–H and O–H groups in total. The minimum absolute atomic E-state index is 0.0765. The van der Waals surface area contributed by atoms with Crippen molar-refractivity contribution in [1.82, 2.24) is 0 Å². The lowest BCUT2D eigenvalue weighted by Crippen LogP contribution is -2.40. The van der Waals surface area contributed by atoms with Gasteiger partial charge in [-0.2, -0.15) is 0 Å². The zero-order valence-corrected chi connectivity index (χ0v) is 12.6. The Morgan fingerprint density at radius 3 is 2.52 bits per heavy atom. The van der Waals surface area contributed by atoms with Crippen LogP contribution in [0.3, 0.4) is 0 Å². The van der Waals surface area contributed by atoms with E-state index in [-0.39, 0.29) is 19.1 Å². The molecule has 0 spiro atoms. The van der Waals surface area contributed by atoms with E-state index in [4.69, 9.17) is 9.78 Å². The summed E-state index contributed by atoms with van der Waals surface area (Å²) in [5, 5.41) is 18.8. The molecule has 0 aliphatic carbocycles. The first-order valence-corrected chi connectivity index (χ1v) is 7.31. The number of carboxylic acid groups (broad SMARTS) is 1. The molecule has 0 saturated heterocycles. The molecule has 2 atom stereocenters. The molecule has 0 radical (unpaired) electrons. The first-order valence-electron chi connectivity index (χ1n) is 7.31. The first-order chi connectivity index (χ1) is 10.1. The third-order valence-electron chi connectivity index (χ3n) is 3.37. The molecule has 5 nitrogen and oxygen atoms in total. The average molecular weight is 296 g/mol. The Bertz CT molecular complexity index is 420. The molecule has 1 aromatic carbocycles. The van der Waals surface area contributed by atoms with E-state index in [9.17, 15) is 15.0 Å². The number of aliphatic hydroxyl groups excluding tert-OH is 1. The Morgan fingerprint density at radius 1 is 1.33 bits per heavy atom. The van der Waals surface area contributed by atoms with Crippen molar-refractivity contribution in [1.29, 1.82) is 0 Å². The van der Waals surface area contributed by atoms with Crippen molar-refractivity contribution in [2.24, 2.45) is 0 Å². The van der Waals surface area contributed by atoms with Crippen LogP contribution in [-0.4, -0.2) is 28.9 Å². The highest BCUT2D eigenvalue weighted by molar-refractivity contribution is 5.79. The molecule has 1 rings (SSSR count). The standard InChI is InChI=1S/C16H24O5/c1-3-4-8-13(2)20-21-16(11-12-17,15(18)19)14-9-6-5-7-10-14/h5-7,9-10,13,17H,3-4,8,11-12H2,1-2H3,(H,18,19). The van der Waals surface area contributed by atoms with Crippen LogP contribution in [0.15, 0.2) is 30.3 Å². The van der Waals surface area contributed by atoms with Gasteiger partial charge in [0.2, 0.25) is 5.60 Å². The van der Waals surface area contributed by atoms with Crippen LogP contribution >= 0.6 is 0 Å². The highest BCUT2D eigenvalue weighted by atomic mass is 17.2. The first kappa shape index (κ1) is 17.6. The average Bonchev–Trinajstić information content (AvgIpc) is 2.50. The number of unbranched alkanes of at least 4 members (excludes halogenated alkanes) is 1. The van der Waals surface area contributed by atoms with Crippen molar-refractivity contribution in [2.45, 2.75) is 51.2 Å². The van der Waals surface area contributed by atoms with E-state index in [1.165, 1.54) is 0 Å². The second-order valence-corrected chi connectivity index (χ2v) is 5.10. The zero-order chi connectivity index (χ0) is 15.7. The minimum Gasteiger partial charge on any atom is -0.479 e. The summed E-state index contributed by atoms with van der Waals surface area (Å²) in [6.45, 7) is 3.60. The van der Waals surface area contributed by atoms with E-state index < -0.39 is 11.6 Å². The van der Waals surface area contributed by atoms with E-state index in [1.807, 2.05) is 6.92 Å². The van der Waals surface area contributed by atoms with Crippen molar-refractivity contribution >= 4 is 5.97 Å². The fourth-order valence-electron chi connectivity index (χ4n) is 2.07. The molecule has 5 heteroatoms. The van der Waals surface area contributed by atoms with Crippen molar-refractivity contribution in [3.63, 3.8) is 0 Å². The quantitative estimate of drug-likeness (QED) is 0.513. The van der Waals surface area contributed by atoms with Crippen LogP contribution in [0.2, 0.25) is 0 Å². The van der Waals surface area contributed by atoms with Gasteiger partial charge in [-0.25, -0.2) is 14.6 Å². The summed E-state index contributed by atoms with van der Waals surface area (Å²) < 4.78 is 0. The molecule has 0 aliphatic heterocycles. The minimum atomic E-state index is -1.68. The number of hydrogen-bond acceptors (Lipinski definition) is 4. The lowest BCUT2D eigenvalue weighted by atomic mass is 9.91. The van der Waals surface area contributed by atoms with Crippen molar-refractivity contribution in [3.8, 4) is 0 Å². The second kappa shape index (κ2) is 8.77. The fourth-order valence-corrected chi connectivity index (χ4v) is 2.07. The number of carboxylic acids is 1. The van der Waals surface area contributed by atoms with Crippen LogP contribution in [0.25, 0.3) is 0 Å². The SMILES string of the molecule is CCCCC(C)OOC(CCO)(C(=O)O)c1ccccc1. The number of carbonyl (C=O) groups is 1. The van der Waals surface area contributed by atoms with Gasteiger partial charge in [0.25, 0.3) is 0 Å². The van der Waals surface area contributed by atoms with E-state index in [2.05, 4.69) is 6.92 Å². The molecule has 21 heavy (non-hydrogen) atoms. The van der Waals surface area contributed by atoms with Gasteiger partial charge in [-0.05, 0) is 18.9 Å². The van der Waals surface area contributed by atoms with E-state index in [1.54, 1.807) is 30.3 Å². The Kier molecular flexibility index (Phi) is 7.36. The molecule has 118 valence electrons. The maximum absolute atomic E-state index is 11.7. The second-order valence-electron chi connectivity index (χ2n) is 5.10. The van der Waals surface area contributed by atoms with Gasteiger partial charge in [-0.15, -0.1) is 0 Å². The molecule has 0 aromatic heterocycles. The third kappa shape index (κ3) is 4.81. The molecule has 0 amide bonds. The summed E-state index contributed by atoms with van der Waals surface area (Å²) in [7, 11) is 0. The van der Waals surface area contributed by atoms with Crippen LogP contribution < -0.4 is 0 Å². The van der Waals surface area contributed by atoms with Crippen LogP contribution in [0.4, 0.5) is 0 Å². The maximum Gasteiger partial charge on any atom is 0.344 e. The summed E-state index contributed by atoms with van der Waals surface area (Å²) >= 11 is 0. The summed E-state index contributed by atoms with van der Waals surface area (Å²) in [5.41, 5.74) is -1.23. The summed E-state index contributed by atoms with van der Waals surface area (Å²) in [6.07, 6.45) is 2.53. The predicted octanol–water partition coefficient (Wildman–Crippen LogP) is 2.88. The van der Waals surface area contributed by atoms with Crippen LogP contribution in [-0.2, 0) is 20.2 Å². The van der Waals surface area contributed by atoms with Gasteiger partial charge in [0, 0.05) is 13.0 Å². The molecular formula is C16H24O5. The molecule has 0 aliphatic rings. The lowest BCUT2D eigenvalue weighted by molar-refractivity contribution is -0.382. The van der Waals surface area contributed by atoms with Gasteiger partial charge in [0.05, 0.1) is 6.10 Å². The van der Waals surface area contributed by atoms with E-state index in [0.29, 0.717) is 5.56 Å². The number of benzene rings is 1. The van der Waals surface area contributed by atoms with Crippen molar-refractivity contribution in [3.05, 3.63) is 35.9 Å². The summed E-state index contributed by atoms with van der Waals surface area (Å²) in [6, 6.07) is 8.57. The van der Waals surface area contributed by atoms with Crippen LogP contribution in [0.5, 0.6) is 0 Å². The van der Waals surface area contributed by atoms with Crippen molar-refractivity contribution in [2.75, 3.05) is 6.61 Å². The Morgan fingerprint density at radius 2 is 2.00 bits per heavy atom. The molecule has 0 bridgehead atoms. The molecule has 2 unspecified atom stereocenters. The zero-order valence-electron chi connectivity index (χ0n) is 12.6. The number of aliphatic carboxylic acids is 1. The van der Waals surface area contributed by atoms with E-state index in [0.717, 1.165) is 19.3 Å². The normalized spacial score (nSPS) is 15.4. The maximum atomic E-state index is 11.7. The predicted molar refractivity (Wildman–Crippen MR) is 78.6 cm³/mol. The Labute approximate surface area is 125 Å². The van der Waals surface area contributed by atoms with Gasteiger partial charge < -0.3 is 10.2 Å². The molecule has 1 aromatic rings. The monoisotopic (exact) mass is 296 g/mol. The number of hydrogen-bond donors (Lipinski definition) is 2. The molecule has 0 saturated carbocycles. The van der Waals surface area contributed by atoms with Gasteiger partial charge >= 0.3 is 5.97 Å². The Hall–Kier alpha value is -1.43. The summed E-state index contributed by atoms with van der Waals surface area (Å²) in [5.74, 6) is -1.18. The van der Waals surface area contributed by atoms with Crippen molar-refractivity contribution < 1.29 is 24.8 Å². The lowest BCUT2D eigenvalue weighted by Gasteiger charge is -2.29. The largest absolute Gasteiger partial charge is 0.479 e. The smallest absolute Gasteiger partial charge is 0.344 e. The number of rotatable bonds is 10. The van der Waals surface area contributed by atoms with Gasteiger partial charge in [-0.3, -0.25) is 0 Å². The third-order valence-corrected chi connectivity index (χ3v) is 3.37. The van der Waals surface area contributed by atoms with Crippen LogP contribution in [0, 0.1) is 0 Å². The molecule has 0 heterocycles. The highest BCUT2D eigenvalue weighted by Gasteiger charge is 2.43. The fraction of sp³-hybridized carbons (Fsp3) is 0.562. The van der Waals surface area contributed by atoms with Gasteiger partial charge in [0.15, 0.2) is 0 Å². The molecular weight excluding hydrogens is 272 g/mol. The Balaban J connectivity index is 2.89. The topological polar surface area (TPSA) is 76.0 Å². The van der Waals surface area contributed by atoms with E-state index >= 15 is 0 Å². The van der Waals surface area contributed by atoms with Crippen LogP contribution in [0.1, 0.15) is 45.1 Å². The highest BCUT2D eigenvalue weighted by Crippen LogP contribution is 2.31. The molecule has 0 fully saturated rings. The van der Waals surface area contributed by atoms with Gasteiger partial charge in [-0.1, -0.05) is 50.1 Å². The summed E-state index contributed by atoms with van der Waals surface area (Å²) in [4.78, 5) is 22.3.